The molecule has 0 aliphatic carbocycles. The van der Waals surface area contributed by atoms with Crippen LogP contribution in [-0.4, -0.2) is 107 Å². The minimum Gasteiger partial charge on any atom is -0.331 e. The number of sulfonamides is 1. The Morgan fingerprint density at radius 1 is 1.09 bits per heavy atom. The van der Waals surface area contributed by atoms with Crippen LogP contribution in [-0.2, 0) is 21.4 Å². The van der Waals surface area contributed by atoms with E-state index in [0.29, 0.717) is 19.5 Å². The molecule has 1 aromatic rings. The van der Waals surface area contributed by atoms with Crippen LogP contribution in [0.1, 0.15) is 36.5 Å². The van der Waals surface area contributed by atoms with Gasteiger partial charge in [0.2, 0.25) is 15.9 Å². The van der Waals surface area contributed by atoms with Crippen molar-refractivity contribution in [1.82, 2.24) is 29.0 Å². The molecule has 0 aromatic carbocycles. The molecule has 3 atom stereocenters. The first-order valence-electron chi connectivity index (χ1n) is 11.1. The highest BCUT2D eigenvalue weighted by Crippen LogP contribution is 2.41. The Morgan fingerprint density at radius 3 is 2.26 bits per heavy atom. The summed E-state index contributed by atoms with van der Waals surface area (Å²) in [5.41, 5.74) is 1.03. The SMILES string of the molecule is CC(C)[C@H]1C(=O)N(S(C)(=O)=O)[C@H]2CCN(C(=O)c3cnc(CN4CCN(C)CC4)cn3)[C@H]12.Cl.Cl. The van der Waals surface area contributed by atoms with Crippen LogP contribution in [0.4, 0.5) is 0 Å². The molecule has 0 unspecified atom stereocenters. The Bertz CT molecular complexity index is 985. The smallest absolute Gasteiger partial charge is 0.274 e. The summed E-state index contributed by atoms with van der Waals surface area (Å²) in [5.74, 6) is -1.36. The van der Waals surface area contributed by atoms with Gasteiger partial charge in [0.1, 0.15) is 5.69 Å². The summed E-state index contributed by atoms with van der Waals surface area (Å²) in [6.07, 6.45) is 4.63. The van der Waals surface area contributed by atoms with Gasteiger partial charge in [0, 0.05) is 39.3 Å². The van der Waals surface area contributed by atoms with Crippen molar-refractivity contribution in [1.29, 1.82) is 0 Å². The normalized spacial score (nSPS) is 25.8. The number of halogens is 2. The maximum Gasteiger partial charge on any atom is 0.274 e. The predicted octanol–water partition coefficient (Wildman–Crippen LogP) is 0.725. The van der Waals surface area contributed by atoms with Gasteiger partial charge in [0.05, 0.1) is 42.3 Å². The van der Waals surface area contributed by atoms with Gasteiger partial charge in [-0.3, -0.25) is 19.5 Å². The summed E-state index contributed by atoms with van der Waals surface area (Å²) >= 11 is 0. The van der Waals surface area contributed by atoms with Crippen molar-refractivity contribution < 1.29 is 18.0 Å². The third-order valence-corrected chi connectivity index (χ3v) is 8.00. The van der Waals surface area contributed by atoms with Gasteiger partial charge in [0.15, 0.2) is 0 Å². The molecule has 3 saturated heterocycles. The topological polar surface area (TPSA) is 107 Å². The zero-order chi connectivity index (χ0) is 23.2. The van der Waals surface area contributed by atoms with Crippen molar-refractivity contribution in [2.75, 3.05) is 46.0 Å². The molecule has 0 bridgehead atoms. The van der Waals surface area contributed by atoms with Crippen LogP contribution in [0.2, 0.25) is 0 Å². The number of hydrogen-bond donors (Lipinski definition) is 0. The number of piperazine rings is 1. The molecule has 3 fully saturated rings. The molecule has 4 heterocycles. The lowest BCUT2D eigenvalue weighted by atomic mass is 9.88. The summed E-state index contributed by atoms with van der Waals surface area (Å²) < 4.78 is 25.6. The van der Waals surface area contributed by atoms with E-state index in [0.717, 1.165) is 42.4 Å². The monoisotopic (exact) mass is 536 g/mol. The number of carbonyl (C=O) groups is 2. The molecule has 3 aliphatic rings. The second-order valence-corrected chi connectivity index (χ2v) is 11.3. The van der Waals surface area contributed by atoms with E-state index < -0.39 is 33.9 Å². The van der Waals surface area contributed by atoms with E-state index in [4.69, 9.17) is 0 Å². The molecule has 34 heavy (non-hydrogen) atoms. The largest absolute Gasteiger partial charge is 0.331 e. The molecular formula is C21H34Cl2N6O4S. The van der Waals surface area contributed by atoms with Crippen LogP contribution in [0, 0.1) is 11.8 Å². The van der Waals surface area contributed by atoms with Gasteiger partial charge in [-0.25, -0.2) is 17.7 Å². The maximum atomic E-state index is 13.3. The number of amides is 2. The highest BCUT2D eigenvalue weighted by molar-refractivity contribution is 7.88. The molecule has 2 amide bonds. The lowest BCUT2D eigenvalue weighted by Crippen LogP contribution is -2.44. The van der Waals surface area contributed by atoms with Crippen LogP contribution < -0.4 is 0 Å². The van der Waals surface area contributed by atoms with Crippen molar-refractivity contribution in [2.24, 2.45) is 11.8 Å². The molecule has 13 heteroatoms. The summed E-state index contributed by atoms with van der Waals surface area (Å²) in [6, 6.07) is -0.991. The number of likely N-dealkylation sites (N-methyl/N-ethyl adjacent to an activating group) is 1. The van der Waals surface area contributed by atoms with Gasteiger partial charge in [0.25, 0.3) is 5.91 Å². The Hall–Kier alpha value is -1.53. The standard InChI is InChI=1S/C21H32N6O4S.2ClH/c1-14(2)18-19-17(27(21(18)29)32(4,30)31)5-6-26(19)20(28)16-12-22-15(11-23-16)13-25-9-7-24(3)8-10-25;;/h11-12,14,17-19H,5-10,13H2,1-4H3;2*1H/t17-,18+,19-;;/m0../s1. The van der Waals surface area contributed by atoms with E-state index in [1.807, 2.05) is 13.8 Å². The fourth-order valence-electron chi connectivity index (χ4n) is 5.20. The Kier molecular flexibility index (Phi) is 9.31. The number of fused-ring (bicyclic) bond motifs is 1. The lowest BCUT2D eigenvalue weighted by Gasteiger charge is -2.32. The van der Waals surface area contributed by atoms with Crippen molar-refractivity contribution >= 4 is 46.7 Å². The van der Waals surface area contributed by atoms with E-state index in [-0.39, 0.29) is 42.3 Å². The maximum absolute atomic E-state index is 13.3. The van der Waals surface area contributed by atoms with Crippen LogP contribution in [0.3, 0.4) is 0 Å². The molecule has 192 valence electrons. The second kappa shape index (κ2) is 11.0. The Balaban J connectivity index is 0.00000204. The van der Waals surface area contributed by atoms with Gasteiger partial charge < -0.3 is 9.80 Å². The number of likely N-dealkylation sites (tertiary alicyclic amines) is 1. The highest BCUT2D eigenvalue weighted by atomic mass is 35.5. The number of hydrogen-bond acceptors (Lipinski definition) is 8. The van der Waals surface area contributed by atoms with Crippen LogP contribution in [0.15, 0.2) is 12.4 Å². The second-order valence-electron chi connectivity index (χ2n) is 9.48. The fourth-order valence-corrected chi connectivity index (χ4v) is 6.37. The average molecular weight is 538 g/mol. The highest BCUT2D eigenvalue weighted by Gasteiger charge is 2.58. The van der Waals surface area contributed by atoms with Gasteiger partial charge in [-0.2, -0.15) is 0 Å². The first-order valence-corrected chi connectivity index (χ1v) is 13.0. The molecule has 0 saturated carbocycles. The molecule has 10 nitrogen and oxygen atoms in total. The molecule has 0 N–H and O–H groups in total. The average Bonchev–Trinajstić information content (AvgIpc) is 3.25. The van der Waals surface area contributed by atoms with Crippen LogP contribution in [0.5, 0.6) is 0 Å². The number of nitrogens with zero attached hydrogens (tertiary/aromatic N) is 6. The van der Waals surface area contributed by atoms with Gasteiger partial charge in [-0.1, -0.05) is 13.8 Å². The summed E-state index contributed by atoms with van der Waals surface area (Å²) in [6.45, 7) is 8.83. The quantitative estimate of drug-likeness (QED) is 0.541. The van der Waals surface area contributed by atoms with Crippen molar-refractivity contribution in [3.8, 4) is 0 Å². The van der Waals surface area contributed by atoms with Crippen molar-refractivity contribution in [3.05, 3.63) is 23.8 Å². The number of rotatable bonds is 5. The van der Waals surface area contributed by atoms with E-state index in [2.05, 4.69) is 26.8 Å². The zero-order valence-corrected chi connectivity index (χ0v) is 22.4. The molecule has 1 aromatic heterocycles. The van der Waals surface area contributed by atoms with E-state index in [1.165, 1.54) is 6.20 Å². The van der Waals surface area contributed by atoms with Gasteiger partial charge in [-0.05, 0) is 19.4 Å². The summed E-state index contributed by atoms with van der Waals surface area (Å²) in [5, 5.41) is 0. The molecule has 3 aliphatic heterocycles. The fraction of sp³-hybridized carbons (Fsp3) is 0.714. The number of aromatic nitrogens is 2. The predicted molar refractivity (Wildman–Crippen MR) is 133 cm³/mol. The van der Waals surface area contributed by atoms with Crippen LogP contribution in [0.25, 0.3) is 0 Å². The first-order chi connectivity index (χ1) is 15.1. The molecular weight excluding hydrogens is 503 g/mol. The third kappa shape index (κ3) is 5.48. The van der Waals surface area contributed by atoms with Crippen molar-refractivity contribution in [3.63, 3.8) is 0 Å². The van der Waals surface area contributed by atoms with E-state index in [9.17, 15) is 18.0 Å². The summed E-state index contributed by atoms with van der Waals surface area (Å²) in [7, 11) is -1.59. The Labute approximate surface area is 213 Å². The first kappa shape index (κ1) is 28.7. The van der Waals surface area contributed by atoms with E-state index in [1.54, 1.807) is 11.1 Å². The van der Waals surface area contributed by atoms with Gasteiger partial charge in [-0.15, -0.1) is 24.8 Å². The molecule has 4 rings (SSSR count). The zero-order valence-electron chi connectivity index (χ0n) is 20.0. The third-order valence-electron chi connectivity index (χ3n) is 6.83. The van der Waals surface area contributed by atoms with Crippen molar-refractivity contribution in [2.45, 2.75) is 38.9 Å². The Morgan fingerprint density at radius 2 is 1.74 bits per heavy atom. The minimum atomic E-state index is -3.70. The molecule has 0 spiro atoms. The molecule has 0 radical (unpaired) electrons. The van der Waals surface area contributed by atoms with Crippen LogP contribution >= 0.6 is 24.8 Å². The lowest BCUT2D eigenvalue weighted by molar-refractivity contribution is -0.129. The van der Waals surface area contributed by atoms with Gasteiger partial charge >= 0.3 is 0 Å². The number of carbonyl (C=O) groups excluding carboxylic acids is 2. The summed E-state index contributed by atoms with van der Waals surface area (Å²) in [4.78, 5) is 41.3. The van der Waals surface area contributed by atoms with E-state index >= 15 is 0 Å². The minimum absolute atomic E-state index is 0.